The van der Waals surface area contributed by atoms with Crippen LogP contribution in [0.15, 0.2) is 10.9 Å². The number of aromatic nitrogens is 5. The van der Waals surface area contributed by atoms with Crippen molar-refractivity contribution in [2.75, 3.05) is 6.54 Å². The van der Waals surface area contributed by atoms with E-state index in [9.17, 15) is 0 Å². The first-order valence-electron chi connectivity index (χ1n) is 7.46. The van der Waals surface area contributed by atoms with E-state index in [1.807, 2.05) is 0 Å². The van der Waals surface area contributed by atoms with Crippen LogP contribution >= 0.6 is 0 Å². The minimum Gasteiger partial charge on any atom is -0.338 e. The summed E-state index contributed by atoms with van der Waals surface area (Å²) in [6.45, 7) is 7.92. The molecule has 0 radical (unpaired) electrons. The Balaban J connectivity index is 1.74. The van der Waals surface area contributed by atoms with Crippen molar-refractivity contribution >= 4 is 0 Å². The van der Waals surface area contributed by atoms with Crippen LogP contribution in [-0.4, -0.2) is 36.8 Å². The second-order valence-corrected chi connectivity index (χ2v) is 6.61. The summed E-state index contributed by atoms with van der Waals surface area (Å²) in [5.41, 5.74) is -0.0893. The molecular formula is C14H22N6O. The molecule has 3 heterocycles. The molecule has 2 aromatic heterocycles. The number of nitrogens with zero attached hydrogens (tertiary/aromatic N) is 5. The maximum Gasteiger partial charge on any atom is 0.240 e. The summed E-state index contributed by atoms with van der Waals surface area (Å²) in [6, 6.07) is 0.256. The van der Waals surface area contributed by atoms with Crippen molar-refractivity contribution in [1.82, 2.24) is 30.2 Å². The van der Waals surface area contributed by atoms with E-state index in [0.29, 0.717) is 12.4 Å². The van der Waals surface area contributed by atoms with Crippen molar-refractivity contribution in [3.8, 4) is 0 Å². The molecule has 114 valence electrons. The first-order chi connectivity index (χ1) is 10.0. The summed E-state index contributed by atoms with van der Waals surface area (Å²) in [5.74, 6) is 2.35. The largest absolute Gasteiger partial charge is 0.338 e. The van der Waals surface area contributed by atoms with Crippen LogP contribution in [0, 0.1) is 0 Å². The molecule has 2 aromatic rings. The molecular weight excluding hydrogens is 268 g/mol. The van der Waals surface area contributed by atoms with Gasteiger partial charge < -0.3 is 4.52 Å². The number of hydrogen-bond acceptors (Lipinski definition) is 6. The molecule has 7 nitrogen and oxygen atoms in total. The van der Waals surface area contributed by atoms with Crippen LogP contribution in [0.5, 0.6) is 0 Å². The number of piperidine rings is 1. The quantitative estimate of drug-likeness (QED) is 0.933. The molecule has 1 N–H and O–H groups in total. The SMILES string of the molecule is CC(C)(C)c1noc(CN2CCCC[C@@H]2c2ncn[nH]2)n1. The van der Waals surface area contributed by atoms with Crippen LogP contribution in [0.3, 0.4) is 0 Å². The highest BCUT2D eigenvalue weighted by atomic mass is 16.5. The molecule has 1 atom stereocenters. The van der Waals surface area contributed by atoms with Gasteiger partial charge in [0.25, 0.3) is 0 Å². The molecule has 1 saturated heterocycles. The van der Waals surface area contributed by atoms with Gasteiger partial charge in [-0.3, -0.25) is 10.00 Å². The number of likely N-dealkylation sites (tertiary alicyclic amines) is 1. The highest BCUT2D eigenvalue weighted by Crippen LogP contribution is 2.30. The van der Waals surface area contributed by atoms with Gasteiger partial charge in [-0.05, 0) is 19.4 Å². The first-order valence-corrected chi connectivity index (χ1v) is 7.46. The molecule has 0 amide bonds. The summed E-state index contributed by atoms with van der Waals surface area (Å²) in [7, 11) is 0. The molecule has 7 heteroatoms. The van der Waals surface area contributed by atoms with E-state index in [4.69, 9.17) is 4.52 Å². The molecule has 1 fully saturated rings. The van der Waals surface area contributed by atoms with Crippen molar-refractivity contribution in [3.63, 3.8) is 0 Å². The van der Waals surface area contributed by atoms with Crippen LogP contribution in [0.4, 0.5) is 0 Å². The monoisotopic (exact) mass is 290 g/mol. The second kappa shape index (κ2) is 5.55. The van der Waals surface area contributed by atoms with Crippen molar-refractivity contribution in [3.05, 3.63) is 23.9 Å². The lowest BCUT2D eigenvalue weighted by atomic mass is 9.96. The third kappa shape index (κ3) is 3.12. The Morgan fingerprint density at radius 2 is 2.24 bits per heavy atom. The maximum atomic E-state index is 5.41. The highest BCUT2D eigenvalue weighted by molar-refractivity contribution is 5.01. The number of H-pyrrole nitrogens is 1. The van der Waals surface area contributed by atoms with Gasteiger partial charge in [0.05, 0.1) is 12.6 Å². The Morgan fingerprint density at radius 3 is 2.90 bits per heavy atom. The van der Waals surface area contributed by atoms with Crippen molar-refractivity contribution < 1.29 is 4.52 Å². The predicted molar refractivity (Wildman–Crippen MR) is 76.4 cm³/mol. The molecule has 0 unspecified atom stereocenters. The molecule has 0 aliphatic carbocycles. The first kappa shape index (κ1) is 14.2. The van der Waals surface area contributed by atoms with Crippen LogP contribution in [-0.2, 0) is 12.0 Å². The Kier molecular flexibility index (Phi) is 3.75. The summed E-state index contributed by atoms with van der Waals surface area (Å²) >= 11 is 0. The molecule has 3 rings (SSSR count). The molecule has 1 aliphatic heterocycles. The van der Waals surface area contributed by atoms with E-state index in [0.717, 1.165) is 24.6 Å². The van der Waals surface area contributed by atoms with Gasteiger partial charge in [-0.1, -0.05) is 32.3 Å². The van der Waals surface area contributed by atoms with Gasteiger partial charge in [-0.15, -0.1) is 0 Å². The Morgan fingerprint density at radius 1 is 1.38 bits per heavy atom. The normalized spacial score (nSPS) is 20.8. The number of rotatable bonds is 3. The van der Waals surface area contributed by atoms with Gasteiger partial charge in [-0.2, -0.15) is 10.1 Å². The number of nitrogens with one attached hydrogen (secondary N) is 1. The van der Waals surface area contributed by atoms with E-state index in [2.05, 4.69) is 51.0 Å². The average molecular weight is 290 g/mol. The van der Waals surface area contributed by atoms with Crippen molar-refractivity contribution in [2.24, 2.45) is 0 Å². The van der Waals surface area contributed by atoms with Crippen molar-refractivity contribution in [2.45, 2.75) is 58.0 Å². The summed E-state index contributed by atoms with van der Waals surface area (Å²) < 4.78 is 5.41. The van der Waals surface area contributed by atoms with E-state index in [-0.39, 0.29) is 11.5 Å². The average Bonchev–Trinajstić information content (AvgIpc) is 3.09. The third-order valence-electron chi connectivity index (χ3n) is 3.84. The van der Waals surface area contributed by atoms with Gasteiger partial charge in [0, 0.05) is 5.41 Å². The standard InChI is InChI=1S/C14H22N6O/c1-14(2,3)13-17-11(21-19-13)8-20-7-5-4-6-10(20)12-15-9-16-18-12/h9-10H,4-8H2,1-3H3,(H,15,16,18)/t10-/m1/s1. The topological polar surface area (TPSA) is 83.7 Å². The van der Waals surface area contributed by atoms with Crippen LogP contribution in [0.2, 0.25) is 0 Å². The lowest BCUT2D eigenvalue weighted by molar-refractivity contribution is 0.118. The molecule has 0 spiro atoms. The number of hydrogen-bond donors (Lipinski definition) is 1. The predicted octanol–water partition coefficient (Wildman–Crippen LogP) is 2.21. The minimum atomic E-state index is -0.0893. The van der Waals surface area contributed by atoms with Gasteiger partial charge in [0.15, 0.2) is 5.82 Å². The zero-order valence-electron chi connectivity index (χ0n) is 12.8. The minimum absolute atomic E-state index is 0.0893. The lowest BCUT2D eigenvalue weighted by Gasteiger charge is -2.32. The molecule has 1 aliphatic rings. The van der Waals surface area contributed by atoms with Gasteiger partial charge >= 0.3 is 0 Å². The Labute approximate surface area is 124 Å². The van der Waals surface area contributed by atoms with Crippen LogP contribution in [0.1, 0.15) is 63.6 Å². The summed E-state index contributed by atoms with van der Waals surface area (Å²) in [5, 5.41) is 11.0. The van der Waals surface area contributed by atoms with E-state index in [1.54, 1.807) is 6.33 Å². The van der Waals surface area contributed by atoms with E-state index < -0.39 is 0 Å². The molecule has 0 bridgehead atoms. The van der Waals surface area contributed by atoms with Crippen LogP contribution in [0.25, 0.3) is 0 Å². The molecule has 0 saturated carbocycles. The highest BCUT2D eigenvalue weighted by Gasteiger charge is 2.28. The summed E-state index contributed by atoms with van der Waals surface area (Å²) in [6.07, 6.45) is 5.03. The van der Waals surface area contributed by atoms with Crippen LogP contribution < -0.4 is 0 Å². The molecule has 0 aromatic carbocycles. The van der Waals surface area contributed by atoms with Gasteiger partial charge in [-0.25, -0.2) is 4.98 Å². The lowest BCUT2D eigenvalue weighted by Crippen LogP contribution is -2.33. The number of aromatic amines is 1. The Bertz CT molecular complexity index is 571. The zero-order chi connectivity index (χ0) is 14.9. The van der Waals surface area contributed by atoms with E-state index >= 15 is 0 Å². The second-order valence-electron chi connectivity index (χ2n) is 6.61. The van der Waals surface area contributed by atoms with Gasteiger partial charge in [0.1, 0.15) is 12.2 Å². The fraction of sp³-hybridized carbons (Fsp3) is 0.714. The summed E-state index contributed by atoms with van der Waals surface area (Å²) in [4.78, 5) is 11.2. The van der Waals surface area contributed by atoms with Gasteiger partial charge in [0.2, 0.25) is 5.89 Å². The van der Waals surface area contributed by atoms with Crippen molar-refractivity contribution in [1.29, 1.82) is 0 Å². The smallest absolute Gasteiger partial charge is 0.240 e. The fourth-order valence-electron chi connectivity index (χ4n) is 2.66. The Hall–Kier alpha value is -1.76. The third-order valence-corrected chi connectivity index (χ3v) is 3.84. The zero-order valence-corrected chi connectivity index (χ0v) is 12.8. The van der Waals surface area contributed by atoms with E-state index in [1.165, 1.54) is 12.8 Å². The maximum absolute atomic E-state index is 5.41. The molecule has 21 heavy (non-hydrogen) atoms. The fourth-order valence-corrected chi connectivity index (χ4v) is 2.66.